The van der Waals surface area contributed by atoms with Gasteiger partial charge in [-0.15, -0.1) is 10.2 Å². The molecule has 2 aromatic heterocycles. The number of H-pyrrole nitrogens is 1. The van der Waals surface area contributed by atoms with Gasteiger partial charge in [-0.2, -0.15) is 0 Å². The van der Waals surface area contributed by atoms with Crippen LogP contribution in [0.3, 0.4) is 0 Å². The number of nitrogens with one attached hydrogen (secondary N) is 2. The van der Waals surface area contributed by atoms with Crippen LogP contribution in [-0.4, -0.2) is 26.7 Å². The van der Waals surface area contributed by atoms with Crippen LogP contribution < -0.4 is 10.5 Å². The molecule has 4 rings (SSSR count). The van der Waals surface area contributed by atoms with Gasteiger partial charge >= 0.3 is 0 Å². The monoisotopic (exact) mass is 396 g/mol. The minimum atomic E-state index is -0.126. The molecule has 0 aliphatic rings. The lowest BCUT2D eigenvalue weighted by molar-refractivity contribution is -0.927. The number of para-hydroxylation sites is 1. The van der Waals surface area contributed by atoms with Crippen LogP contribution in [0, 0.1) is 0 Å². The summed E-state index contributed by atoms with van der Waals surface area (Å²) < 4.78 is 5.80. The minimum Gasteiger partial charge on any atom is -0.415 e. The summed E-state index contributed by atoms with van der Waals surface area (Å²) in [6.07, 6.45) is 0. The van der Waals surface area contributed by atoms with E-state index in [1.54, 1.807) is 18.2 Å². The molecule has 0 aliphatic carbocycles. The number of halogens is 1. The number of benzene rings is 2. The van der Waals surface area contributed by atoms with E-state index in [9.17, 15) is 4.79 Å². The largest absolute Gasteiger partial charge is 0.415 e. The van der Waals surface area contributed by atoms with Crippen molar-refractivity contribution in [2.75, 3.05) is 6.54 Å². The van der Waals surface area contributed by atoms with Gasteiger partial charge in [0.2, 0.25) is 5.89 Å². The molecular weight excluding hydrogens is 378 g/mol. The van der Waals surface area contributed by atoms with Crippen molar-refractivity contribution in [1.29, 1.82) is 0 Å². The fraction of sp³-hybridized carbons (Fsp3) is 0.200. The summed E-state index contributed by atoms with van der Waals surface area (Å²) in [6.45, 7) is 3.96. The lowest BCUT2D eigenvalue weighted by Crippen LogP contribution is -3.09. The highest BCUT2D eigenvalue weighted by Crippen LogP contribution is 2.19. The minimum absolute atomic E-state index is 0.126. The van der Waals surface area contributed by atoms with Crippen LogP contribution in [0.15, 0.2) is 57.7 Å². The van der Waals surface area contributed by atoms with Crippen molar-refractivity contribution in [2.24, 2.45) is 0 Å². The molecule has 1 unspecified atom stereocenters. The van der Waals surface area contributed by atoms with Crippen LogP contribution >= 0.6 is 11.6 Å². The molecule has 28 heavy (non-hydrogen) atoms. The van der Waals surface area contributed by atoms with Crippen molar-refractivity contribution in [3.63, 3.8) is 0 Å². The summed E-state index contributed by atoms with van der Waals surface area (Å²) in [6, 6.07) is 14.6. The van der Waals surface area contributed by atoms with Gasteiger partial charge in [0, 0.05) is 10.6 Å². The maximum Gasteiger partial charge on any atom is 0.271 e. The van der Waals surface area contributed by atoms with E-state index < -0.39 is 0 Å². The molecule has 0 fully saturated rings. The van der Waals surface area contributed by atoms with Gasteiger partial charge in [-0.25, -0.2) is 4.98 Å². The number of hydrogen-bond donors (Lipinski definition) is 2. The summed E-state index contributed by atoms with van der Waals surface area (Å²) >= 11 is 5.92. The number of rotatable bonds is 6. The zero-order valence-electron chi connectivity index (χ0n) is 15.3. The average molecular weight is 397 g/mol. The molecule has 2 heterocycles. The second kappa shape index (κ2) is 7.92. The molecule has 4 aromatic rings. The molecule has 8 heteroatoms. The average Bonchev–Trinajstić information content (AvgIpc) is 3.16. The molecule has 2 aromatic carbocycles. The Morgan fingerprint density at radius 1 is 1.07 bits per heavy atom. The lowest BCUT2D eigenvalue weighted by atomic mass is 10.2. The van der Waals surface area contributed by atoms with Gasteiger partial charge in [-0.3, -0.25) is 4.79 Å². The number of aromatic amines is 1. The van der Waals surface area contributed by atoms with Gasteiger partial charge in [-0.05, 0) is 43.3 Å². The van der Waals surface area contributed by atoms with Crippen molar-refractivity contribution in [2.45, 2.75) is 20.0 Å². The summed E-state index contributed by atoms with van der Waals surface area (Å²) in [5.41, 5.74) is 1.39. The molecular formula is C20H19ClN5O2+. The number of hydrogen-bond acceptors (Lipinski definition) is 5. The van der Waals surface area contributed by atoms with Crippen LogP contribution in [0.2, 0.25) is 5.02 Å². The van der Waals surface area contributed by atoms with Crippen LogP contribution in [0.25, 0.3) is 22.4 Å². The summed E-state index contributed by atoms with van der Waals surface area (Å²) in [4.78, 5) is 20.8. The fourth-order valence-electron chi connectivity index (χ4n) is 3.02. The van der Waals surface area contributed by atoms with E-state index >= 15 is 0 Å². The number of fused-ring (bicyclic) bond motifs is 1. The van der Waals surface area contributed by atoms with Crippen LogP contribution in [0.1, 0.15) is 18.6 Å². The van der Waals surface area contributed by atoms with E-state index in [2.05, 4.69) is 27.1 Å². The van der Waals surface area contributed by atoms with Gasteiger partial charge in [0.15, 0.2) is 12.4 Å². The van der Waals surface area contributed by atoms with Gasteiger partial charge in [0.05, 0.1) is 17.4 Å². The first kappa shape index (κ1) is 18.3. The first-order chi connectivity index (χ1) is 13.6. The van der Waals surface area contributed by atoms with Gasteiger partial charge in [0.1, 0.15) is 6.54 Å². The zero-order valence-corrected chi connectivity index (χ0v) is 16.0. The first-order valence-electron chi connectivity index (χ1n) is 9.02. The highest BCUT2D eigenvalue weighted by atomic mass is 35.5. The highest BCUT2D eigenvalue weighted by molar-refractivity contribution is 6.30. The quantitative estimate of drug-likeness (QED) is 0.521. The molecule has 0 spiro atoms. The van der Waals surface area contributed by atoms with Crippen LogP contribution in [0.4, 0.5) is 0 Å². The molecule has 0 saturated heterocycles. The van der Waals surface area contributed by atoms with E-state index in [-0.39, 0.29) is 5.56 Å². The molecule has 0 aliphatic heterocycles. The van der Waals surface area contributed by atoms with Gasteiger partial charge < -0.3 is 14.3 Å². The van der Waals surface area contributed by atoms with Crippen molar-refractivity contribution in [3.8, 4) is 11.5 Å². The van der Waals surface area contributed by atoms with Gasteiger partial charge in [0.25, 0.3) is 11.4 Å². The topological polar surface area (TPSA) is 89.1 Å². The molecule has 0 amide bonds. The first-order valence-corrected chi connectivity index (χ1v) is 9.40. The number of quaternary nitrogens is 1. The Kier molecular flexibility index (Phi) is 5.18. The summed E-state index contributed by atoms with van der Waals surface area (Å²) in [5.74, 6) is 1.63. The third-order valence-corrected chi connectivity index (χ3v) is 4.79. The maximum absolute atomic E-state index is 12.3. The molecule has 0 radical (unpaired) electrons. The molecule has 2 N–H and O–H groups in total. The Balaban J connectivity index is 1.51. The Morgan fingerprint density at radius 3 is 2.64 bits per heavy atom. The molecule has 0 saturated carbocycles. The standard InChI is InChI=1S/C20H18ClN5O2/c1-2-26(11-17-22-16-6-4-3-5-15(16)19(27)23-17)12-18-24-25-20(28-18)13-7-9-14(21)10-8-13/h3-10H,2,11-12H2,1H3,(H,22,23,27)/p+1. The highest BCUT2D eigenvalue weighted by Gasteiger charge is 2.16. The number of nitrogens with zero attached hydrogens (tertiary/aromatic N) is 3. The van der Waals surface area contributed by atoms with E-state index in [0.717, 1.165) is 17.0 Å². The Morgan fingerprint density at radius 2 is 1.86 bits per heavy atom. The van der Waals surface area contributed by atoms with Crippen molar-refractivity contribution >= 4 is 22.5 Å². The second-order valence-electron chi connectivity index (χ2n) is 6.49. The van der Waals surface area contributed by atoms with E-state index in [1.807, 2.05) is 30.3 Å². The van der Waals surface area contributed by atoms with Crippen LogP contribution in [0.5, 0.6) is 0 Å². The second-order valence-corrected chi connectivity index (χ2v) is 6.93. The molecule has 7 nitrogen and oxygen atoms in total. The third-order valence-electron chi connectivity index (χ3n) is 4.54. The Hall–Kier alpha value is -3.03. The molecule has 142 valence electrons. The third kappa shape index (κ3) is 3.95. The normalized spacial score (nSPS) is 12.4. The summed E-state index contributed by atoms with van der Waals surface area (Å²) in [7, 11) is 0. The summed E-state index contributed by atoms with van der Waals surface area (Å²) in [5, 5.41) is 9.51. The Bertz CT molecular complexity index is 1150. The van der Waals surface area contributed by atoms with E-state index in [0.29, 0.717) is 46.6 Å². The molecule has 1 atom stereocenters. The van der Waals surface area contributed by atoms with Crippen molar-refractivity contribution in [3.05, 3.63) is 75.6 Å². The van der Waals surface area contributed by atoms with Crippen LogP contribution in [-0.2, 0) is 13.1 Å². The van der Waals surface area contributed by atoms with Gasteiger partial charge in [-0.1, -0.05) is 23.7 Å². The fourth-order valence-corrected chi connectivity index (χ4v) is 3.14. The SMILES string of the molecule is CC[NH+](Cc1nc2ccccc2c(=O)[nH]1)Cc1nnc(-c2ccc(Cl)cc2)o1. The maximum atomic E-state index is 12.3. The predicted molar refractivity (Wildman–Crippen MR) is 106 cm³/mol. The van der Waals surface area contributed by atoms with E-state index in [1.165, 1.54) is 0 Å². The van der Waals surface area contributed by atoms with Crippen molar-refractivity contribution in [1.82, 2.24) is 20.2 Å². The lowest BCUT2D eigenvalue weighted by Gasteiger charge is -2.15. The zero-order chi connectivity index (χ0) is 19.5. The number of aromatic nitrogens is 4. The smallest absolute Gasteiger partial charge is 0.271 e. The van der Waals surface area contributed by atoms with Crippen molar-refractivity contribution < 1.29 is 9.32 Å². The predicted octanol–water partition coefficient (Wildman–Crippen LogP) is 2.23. The Labute approximate surface area is 166 Å². The van der Waals surface area contributed by atoms with E-state index in [4.69, 9.17) is 16.0 Å². The molecule has 0 bridgehead atoms.